The maximum Gasteiger partial charge on any atom is 0.280 e. The van der Waals surface area contributed by atoms with Crippen molar-refractivity contribution in [3.8, 4) is 0 Å². The number of aromatic nitrogens is 1. The van der Waals surface area contributed by atoms with Gasteiger partial charge in [0.15, 0.2) is 6.04 Å². The van der Waals surface area contributed by atoms with Gasteiger partial charge >= 0.3 is 0 Å². The van der Waals surface area contributed by atoms with Gasteiger partial charge in [-0.05, 0) is 36.6 Å². The average molecular weight is 423 g/mol. The van der Waals surface area contributed by atoms with Crippen molar-refractivity contribution in [3.63, 3.8) is 0 Å². The fourth-order valence-electron chi connectivity index (χ4n) is 4.88. The van der Waals surface area contributed by atoms with Crippen molar-refractivity contribution in [3.05, 3.63) is 64.7 Å². The first-order valence-corrected chi connectivity index (χ1v) is 11.9. The number of carbonyl (C=O) groups excluding carboxylic acids is 1. The number of piperazine rings is 1. The van der Waals surface area contributed by atoms with Crippen molar-refractivity contribution in [1.82, 2.24) is 9.88 Å². The number of fused-ring (bicyclic) bond motifs is 2. The molecule has 1 fully saturated rings. The third-order valence-corrected chi connectivity index (χ3v) is 7.80. The van der Waals surface area contributed by atoms with E-state index in [4.69, 9.17) is 4.98 Å². The second-order valence-electron chi connectivity index (χ2n) is 8.66. The van der Waals surface area contributed by atoms with E-state index in [9.17, 15) is 4.79 Å². The van der Waals surface area contributed by atoms with Gasteiger partial charge in [0.2, 0.25) is 0 Å². The van der Waals surface area contributed by atoms with Crippen molar-refractivity contribution in [2.24, 2.45) is 0 Å². The predicted molar refractivity (Wildman–Crippen MR) is 120 cm³/mol. The molecule has 0 aliphatic carbocycles. The van der Waals surface area contributed by atoms with Gasteiger partial charge in [-0.1, -0.05) is 36.4 Å². The number of hydrogen-bond donors (Lipinski definition) is 2. The highest BCUT2D eigenvalue weighted by atomic mass is 32.1. The Morgan fingerprint density at radius 1 is 1.07 bits per heavy atom. The van der Waals surface area contributed by atoms with E-state index < -0.39 is 0 Å². The Morgan fingerprint density at radius 2 is 1.80 bits per heavy atom. The van der Waals surface area contributed by atoms with Crippen LogP contribution in [-0.4, -0.2) is 54.6 Å². The van der Waals surface area contributed by atoms with Crippen LogP contribution in [0.4, 0.5) is 0 Å². The number of amides is 1. The summed E-state index contributed by atoms with van der Waals surface area (Å²) in [5.41, 5.74) is 3.82. The Bertz CT molecular complexity index is 1010. The molecule has 5 rings (SSSR count). The lowest BCUT2D eigenvalue weighted by atomic mass is 9.99. The highest BCUT2D eigenvalue weighted by molar-refractivity contribution is 7.18. The molecule has 0 radical (unpaired) electrons. The minimum absolute atomic E-state index is 0.0410. The van der Waals surface area contributed by atoms with E-state index in [1.54, 1.807) is 4.90 Å². The maximum atomic E-state index is 13.2. The first-order valence-electron chi connectivity index (χ1n) is 11.1. The van der Waals surface area contributed by atoms with Crippen LogP contribution in [0.1, 0.15) is 23.1 Å². The van der Waals surface area contributed by atoms with Crippen molar-refractivity contribution >= 4 is 27.5 Å². The second-order valence-corrected chi connectivity index (χ2v) is 9.78. The molecule has 5 nitrogen and oxygen atoms in total. The zero-order valence-electron chi connectivity index (χ0n) is 17.6. The predicted octanol–water partition coefficient (Wildman–Crippen LogP) is 0.553. The first-order chi connectivity index (χ1) is 14.7. The topological polar surface area (TPSA) is 42.1 Å². The lowest BCUT2D eigenvalue weighted by Gasteiger charge is -2.36. The largest absolute Gasteiger partial charge is 0.333 e. The van der Waals surface area contributed by atoms with Gasteiger partial charge in [0.1, 0.15) is 37.7 Å². The van der Waals surface area contributed by atoms with Crippen LogP contribution in [-0.2, 0) is 24.3 Å². The summed E-state index contributed by atoms with van der Waals surface area (Å²) in [5, 5.41) is 1.23. The number of nitrogens with one attached hydrogen (secondary N) is 2. The minimum Gasteiger partial charge on any atom is -0.333 e. The number of para-hydroxylation sites is 1. The van der Waals surface area contributed by atoms with Crippen LogP contribution in [0.25, 0.3) is 10.2 Å². The molecule has 2 aliphatic rings. The lowest BCUT2D eigenvalue weighted by molar-refractivity contribution is -1.02. The third kappa shape index (κ3) is 4.00. The van der Waals surface area contributed by atoms with Crippen molar-refractivity contribution in [1.29, 1.82) is 0 Å². The maximum absolute atomic E-state index is 13.2. The van der Waals surface area contributed by atoms with Gasteiger partial charge < -0.3 is 14.7 Å². The van der Waals surface area contributed by atoms with Crippen LogP contribution in [0.3, 0.4) is 0 Å². The van der Waals surface area contributed by atoms with Gasteiger partial charge in [-0.15, -0.1) is 11.3 Å². The molecular formula is C24H30N4OS+2. The molecular weight excluding hydrogens is 392 g/mol. The van der Waals surface area contributed by atoms with Gasteiger partial charge in [0.25, 0.3) is 5.91 Å². The number of rotatable bonds is 4. The van der Waals surface area contributed by atoms with E-state index in [2.05, 4.69) is 60.4 Å². The monoisotopic (exact) mass is 422 g/mol. The number of nitrogens with zero attached hydrogens (tertiary/aromatic N) is 2. The van der Waals surface area contributed by atoms with E-state index in [0.29, 0.717) is 5.91 Å². The van der Waals surface area contributed by atoms with Crippen LogP contribution in [0.15, 0.2) is 48.5 Å². The minimum atomic E-state index is 0.0410. The fourth-order valence-corrected chi connectivity index (χ4v) is 5.92. The fraction of sp³-hybridized carbons (Fsp3) is 0.417. The summed E-state index contributed by atoms with van der Waals surface area (Å²) in [5.74, 6) is 0.314. The summed E-state index contributed by atoms with van der Waals surface area (Å²) >= 11 is 1.82. The molecule has 0 bridgehead atoms. The number of carbonyl (C=O) groups is 1. The van der Waals surface area contributed by atoms with Crippen LogP contribution < -0.4 is 9.80 Å². The number of hydrogen-bond acceptors (Lipinski definition) is 3. The van der Waals surface area contributed by atoms with Gasteiger partial charge in [-0.3, -0.25) is 4.79 Å². The van der Waals surface area contributed by atoms with Gasteiger partial charge in [0.05, 0.1) is 10.2 Å². The quantitative estimate of drug-likeness (QED) is 0.645. The number of thiazole rings is 1. The van der Waals surface area contributed by atoms with Crippen LogP contribution in [0.5, 0.6) is 0 Å². The lowest BCUT2D eigenvalue weighted by Crippen LogP contribution is -3.29. The third-order valence-electron chi connectivity index (χ3n) is 6.76. The highest BCUT2D eigenvalue weighted by Gasteiger charge is 2.34. The molecule has 2 aliphatic heterocycles. The van der Waals surface area contributed by atoms with E-state index in [1.807, 2.05) is 11.3 Å². The summed E-state index contributed by atoms with van der Waals surface area (Å²) in [7, 11) is 0. The molecule has 2 aromatic carbocycles. The average Bonchev–Trinajstić information content (AvgIpc) is 3.20. The number of benzene rings is 2. The Kier molecular flexibility index (Phi) is 5.54. The molecule has 6 heteroatoms. The van der Waals surface area contributed by atoms with E-state index >= 15 is 0 Å². The SMILES string of the molecule is C[C@H](C(=O)N1CCc2ccccc2C1)[NH+]1CC[NH+](Cc2nc3ccccc3s2)CC1. The summed E-state index contributed by atoms with van der Waals surface area (Å²) < 4.78 is 1.28. The molecule has 0 spiro atoms. The molecule has 2 N–H and O–H groups in total. The molecule has 30 heavy (non-hydrogen) atoms. The zero-order chi connectivity index (χ0) is 20.5. The van der Waals surface area contributed by atoms with Gasteiger partial charge in [0, 0.05) is 13.1 Å². The summed E-state index contributed by atoms with van der Waals surface area (Å²) in [6.45, 7) is 9.05. The van der Waals surface area contributed by atoms with E-state index in [-0.39, 0.29) is 6.04 Å². The highest BCUT2D eigenvalue weighted by Crippen LogP contribution is 2.21. The Labute approximate surface area is 181 Å². The smallest absolute Gasteiger partial charge is 0.280 e. The summed E-state index contributed by atoms with van der Waals surface area (Å²) in [6, 6.07) is 17.0. The normalized spacial score (nSPS) is 22.6. The molecule has 1 atom stereocenters. The first kappa shape index (κ1) is 19.7. The molecule has 3 heterocycles. The Balaban J connectivity index is 1.15. The van der Waals surface area contributed by atoms with E-state index in [0.717, 1.165) is 57.8 Å². The molecule has 1 saturated heterocycles. The van der Waals surface area contributed by atoms with Crippen molar-refractivity contribution in [2.45, 2.75) is 32.5 Å². The standard InChI is InChI=1S/C24H28N4OS/c1-18(24(29)28-11-10-19-6-2-3-7-20(19)16-28)27-14-12-26(13-15-27)17-23-25-21-8-4-5-9-22(21)30-23/h2-9,18H,10-17H2,1H3/p+2/t18-/m1/s1. The van der Waals surface area contributed by atoms with Crippen molar-refractivity contribution < 1.29 is 14.6 Å². The van der Waals surface area contributed by atoms with Crippen molar-refractivity contribution in [2.75, 3.05) is 32.7 Å². The molecule has 3 aromatic rings. The van der Waals surface area contributed by atoms with Crippen LogP contribution in [0.2, 0.25) is 0 Å². The zero-order valence-corrected chi connectivity index (χ0v) is 18.4. The van der Waals surface area contributed by atoms with E-state index in [1.165, 1.54) is 25.7 Å². The molecule has 1 amide bonds. The van der Waals surface area contributed by atoms with Gasteiger partial charge in [-0.2, -0.15) is 0 Å². The van der Waals surface area contributed by atoms with Crippen LogP contribution in [0, 0.1) is 0 Å². The van der Waals surface area contributed by atoms with Gasteiger partial charge in [-0.25, -0.2) is 4.98 Å². The van der Waals surface area contributed by atoms with Crippen LogP contribution >= 0.6 is 11.3 Å². The molecule has 0 saturated carbocycles. The molecule has 0 unspecified atom stereocenters. The Hall–Kier alpha value is -2.28. The molecule has 156 valence electrons. The summed E-state index contributed by atoms with van der Waals surface area (Å²) in [6.07, 6.45) is 0.976. The summed E-state index contributed by atoms with van der Waals surface area (Å²) in [4.78, 5) is 23.1. The number of quaternary nitrogens is 2. The Morgan fingerprint density at radius 3 is 2.60 bits per heavy atom. The second kappa shape index (κ2) is 8.46. The molecule has 1 aromatic heterocycles.